The van der Waals surface area contributed by atoms with Gasteiger partial charge in [0.25, 0.3) is 5.92 Å². The molecule has 2 rings (SSSR count). The maximum atomic E-state index is 14.9. The SMILES string of the molecule is Br.CC(C)(C)C#CC(CCC(F)(F)F)N1CCC(F)(F)[C@H](CC(=O)O)[C@H]1c1ccc(C(F)(F)F)cc1. The summed E-state index contributed by atoms with van der Waals surface area (Å²) < 4.78 is 108. The molecule has 1 aliphatic heterocycles. The molecule has 12 heteroatoms. The van der Waals surface area contributed by atoms with Crippen LogP contribution in [-0.4, -0.2) is 40.7 Å². The number of aliphatic carboxylic acids is 1. The molecule has 0 aromatic heterocycles. The van der Waals surface area contributed by atoms with E-state index >= 15 is 0 Å². The van der Waals surface area contributed by atoms with E-state index in [4.69, 9.17) is 0 Å². The number of benzene rings is 1. The number of nitrogens with zero attached hydrogens (tertiary/aromatic N) is 1. The Balaban J connectivity index is 0.00000648. The van der Waals surface area contributed by atoms with Gasteiger partial charge < -0.3 is 5.11 Å². The Hall–Kier alpha value is -1.87. The smallest absolute Gasteiger partial charge is 0.416 e. The Morgan fingerprint density at radius 1 is 1.11 bits per heavy atom. The van der Waals surface area contributed by atoms with E-state index in [0.717, 1.165) is 12.1 Å². The van der Waals surface area contributed by atoms with Crippen molar-refractivity contribution in [3.8, 4) is 11.8 Å². The monoisotopic (exact) mass is 593 g/mol. The molecule has 0 saturated carbocycles. The van der Waals surface area contributed by atoms with Crippen molar-refractivity contribution in [3.63, 3.8) is 0 Å². The molecule has 1 heterocycles. The second-order valence-electron chi connectivity index (χ2n) is 9.71. The molecule has 0 radical (unpaired) electrons. The lowest BCUT2D eigenvalue weighted by Crippen LogP contribution is -2.53. The second-order valence-corrected chi connectivity index (χ2v) is 9.71. The quantitative estimate of drug-likeness (QED) is 0.274. The third kappa shape index (κ3) is 9.21. The van der Waals surface area contributed by atoms with Gasteiger partial charge in [0, 0.05) is 30.8 Å². The van der Waals surface area contributed by atoms with Gasteiger partial charge in [-0.15, -0.1) is 17.0 Å². The van der Waals surface area contributed by atoms with Crippen LogP contribution in [0.15, 0.2) is 24.3 Å². The third-order valence-corrected chi connectivity index (χ3v) is 5.67. The van der Waals surface area contributed by atoms with Crippen molar-refractivity contribution < 1.29 is 45.0 Å². The van der Waals surface area contributed by atoms with Gasteiger partial charge in [0.15, 0.2) is 0 Å². The molecule has 0 amide bonds. The molecule has 0 aliphatic carbocycles. The predicted octanol–water partition coefficient (Wildman–Crippen LogP) is 7.52. The lowest BCUT2D eigenvalue weighted by atomic mass is 9.78. The van der Waals surface area contributed by atoms with Gasteiger partial charge in [-0.3, -0.25) is 9.69 Å². The van der Waals surface area contributed by atoms with Gasteiger partial charge in [-0.25, -0.2) is 8.78 Å². The van der Waals surface area contributed by atoms with E-state index in [1.165, 1.54) is 4.90 Å². The highest BCUT2D eigenvalue weighted by molar-refractivity contribution is 8.93. The summed E-state index contributed by atoms with van der Waals surface area (Å²) in [7, 11) is 0. The Morgan fingerprint density at radius 3 is 2.11 bits per heavy atom. The Labute approximate surface area is 215 Å². The molecule has 1 aromatic rings. The first-order valence-electron chi connectivity index (χ1n) is 10.9. The number of rotatable bonds is 6. The van der Waals surface area contributed by atoms with Crippen LogP contribution in [0.5, 0.6) is 0 Å². The van der Waals surface area contributed by atoms with Gasteiger partial charge in [0.2, 0.25) is 0 Å². The van der Waals surface area contributed by atoms with E-state index in [2.05, 4.69) is 11.8 Å². The topological polar surface area (TPSA) is 40.5 Å². The minimum absolute atomic E-state index is 0. The fraction of sp³-hybridized carbons (Fsp3) is 0.625. The number of carboxylic acid groups (broad SMARTS) is 1. The van der Waals surface area contributed by atoms with E-state index in [9.17, 15) is 45.0 Å². The van der Waals surface area contributed by atoms with Crippen molar-refractivity contribution in [1.29, 1.82) is 0 Å². The molecule has 1 N–H and O–H groups in total. The second kappa shape index (κ2) is 11.7. The van der Waals surface area contributed by atoms with Crippen molar-refractivity contribution in [3.05, 3.63) is 35.4 Å². The van der Waals surface area contributed by atoms with Crippen LogP contribution in [0.1, 0.15) is 63.6 Å². The number of halogens is 9. The summed E-state index contributed by atoms with van der Waals surface area (Å²) >= 11 is 0. The van der Waals surface area contributed by atoms with Crippen molar-refractivity contribution >= 4 is 23.0 Å². The van der Waals surface area contributed by atoms with E-state index in [1.54, 1.807) is 20.8 Å². The molecule has 36 heavy (non-hydrogen) atoms. The zero-order valence-corrected chi connectivity index (χ0v) is 21.5. The van der Waals surface area contributed by atoms with Crippen LogP contribution in [0, 0.1) is 23.2 Å². The predicted molar refractivity (Wildman–Crippen MR) is 123 cm³/mol. The van der Waals surface area contributed by atoms with E-state index in [0.29, 0.717) is 12.1 Å². The normalized spacial score (nSPS) is 21.6. The summed E-state index contributed by atoms with van der Waals surface area (Å²) in [4.78, 5) is 12.7. The lowest BCUT2D eigenvalue weighted by molar-refractivity contribution is -0.163. The number of hydrogen-bond donors (Lipinski definition) is 1. The first-order chi connectivity index (χ1) is 15.8. The maximum absolute atomic E-state index is 14.9. The van der Waals surface area contributed by atoms with Crippen molar-refractivity contribution in [2.75, 3.05) is 6.54 Å². The van der Waals surface area contributed by atoms with Gasteiger partial charge in [-0.05, 0) is 44.9 Å². The minimum atomic E-state index is -4.69. The van der Waals surface area contributed by atoms with Crippen LogP contribution in [0.2, 0.25) is 0 Å². The average Bonchev–Trinajstić information content (AvgIpc) is 2.67. The summed E-state index contributed by atoms with van der Waals surface area (Å²) in [6.45, 7) is 4.74. The van der Waals surface area contributed by atoms with Crippen molar-refractivity contribution in [2.45, 2.75) is 76.8 Å². The summed E-state index contributed by atoms with van der Waals surface area (Å²) in [5.41, 5.74) is -1.70. The Kier molecular flexibility index (Phi) is 10.4. The van der Waals surface area contributed by atoms with Crippen molar-refractivity contribution in [1.82, 2.24) is 4.90 Å². The molecular weight excluding hydrogens is 566 g/mol. The highest BCUT2D eigenvalue weighted by atomic mass is 79.9. The number of piperidine rings is 1. The molecular formula is C24H28BrF8NO2. The van der Waals surface area contributed by atoms with Crippen LogP contribution in [-0.2, 0) is 11.0 Å². The average molecular weight is 594 g/mol. The number of likely N-dealkylation sites (tertiary alicyclic amines) is 1. The van der Waals surface area contributed by atoms with Crippen LogP contribution in [0.25, 0.3) is 0 Å². The molecule has 1 unspecified atom stereocenters. The molecule has 204 valence electrons. The number of hydrogen-bond acceptors (Lipinski definition) is 2. The fourth-order valence-corrected chi connectivity index (χ4v) is 4.08. The number of carboxylic acids is 1. The Bertz CT molecular complexity index is 943. The minimum Gasteiger partial charge on any atom is -0.481 e. The number of carbonyl (C=O) groups is 1. The van der Waals surface area contributed by atoms with Gasteiger partial charge in [-0.1, -0.05) is 24.0 Å². The molecule has 1 aliphatic rings. The highest BCUT2D eigenvalue weighted by Gasteiger charge is 2.52. The first kappa shape index (κ1) is 32.2. The molecule has 0 spiro atoms. The number of alkyl halides is 8. The zero-order chi connectivity index (χ0) is 26.8. The molecule has 1 aromatic carbocycles. The van der Waals surface area contributed by atoms with Crippen LogP contribution in [0.3, 0.4) is 0 Å². The third-order valence-electron chi connectivity index (χ3n) is 5.67. The van der Waals surface area contributed by atoms with Crippen LogP contribution < -0.4 is 0 Å². The molecule has 3 nitrogen and oxygen atoms in total. The van der Waals surface area contributed by atoms with Gasteiger partial charge >= 0.3 is 18.3 Å². The van der Waals surface area contributed by atoms with E-state index in [-0.39, 0.29) is 22.5 Å². The Morgan fingerprint density at radius 2 is 1.67 bits per heavy atom. The lowest BCUT2D eigenvalue weighted by Gasteiger charge is -2.47. The maximum Gasteiger partial charge on any atom is 0.416 e. The van der Waals surface area contributed by atoms with E-state index < -0.39 is 85.5 Å². The summed E-state index contributed by atoms with van der Waals surface area (Å²) in [5.74, 6) is -1.38. The summed E-state index contributed by atoms with van der Waals surface area (Å²) in [6.07, 6.45) is -12.9. The molecule has 3 atom stereocenters. The standard InChI is InChI=1S/C24H27F8NO2.BrH/c1-21(2,3)10-8-17(9-11-23(27,28)29)33-13-12-22(25,26)18(14-19(34)35)20(33)15-4-6-16(7-5-15)24(30,31)32;/h4-7,17-18,20H,9,11-14H2,1-3H3,(H,34,35);1H/t17?,18-,20-;/m1./s1. The van der Waals surface area contributed by atoms with Gasteiger partial charge in [0.1, 0.15) is 0 Å². The van der Waals surface area contributed by atoms with Crippen LogP contribution >= 0.6 is 17.0 Å². The largest absolute Gasteiger partial charge is 0.481 e. The summed E-state index contributed by atoms with van der Waals surface area (Å²) in [6, 6.07) is 0.678. The first-order valence-corrected chi connectivity index (χ1v) is 10.9. The van der Waals surface area contributed by atoms with E-state index in [1.807, 2.05) is 0 Å². The van der Waals surface area contributed by atoms with Gasteiger partial charge in [0.05, 0.1) is 23.9 Å². The molecule has 1 saturated heterocycles. The highest BCUT2D eigenvalue weighted by Crippen LogP contribution is 2.48. The van der Waals surface area contributed by atoms with Gasteiger partial charge in [-0.2, -0.15) is 26.3 Å². The fourth-order valence-electron chi connectivity index (χ4n) is 4.08. The molecule has 1 fully saturated rings. The molecule has 0 bridgehead atoms. The van der Waals surface area contributed by atoms with Crippen molar-refractivity contribution in [2.24, 2.45) is 11.3 Å². The zero-order valence-electron chi connectivity index (χ0n) is 19.8. The summed E-state index contributed by atoms with van der Waals surface area (Å²) in [5, 5.41) is 9.28. The van der Waals surface area contributed by atoms with Crippen LogP contribution in [0.4, 0.5) is 35.1 Å².